The number of carbonyl (C=O) groups is 2. The highest BCUT2D eigenvalue weighted by Gasteiger charge is 2.18. The largest absolute Gasteiger partial charge is 0.326 e. The van der Waals surface area contributed by atoms with Crippen molar-refractivity contribution in [2.75, 3.05) is 10.2 Å². The molecule has 2 amide bonds. The zero-order valence-corrected chi connectivity index (χ0v) is 17.3. The Morgan fingerprint density at radius 3 is 2.52 bits per heavy atom. The Kier molecular flexibility index (Phi) is 6.29. The molecule has 0 fully saturated rings. The number of carbonyl (C=O) groups excluding carboxylic acids is 2. The number of amides is 2. The molecule has 0 atom stereocenters. The maximum absolute atomic E-state index is 12.4. The van der Waals surface area contributed by atoms with Crippen molar-refractivity contribution in [3.63, 3.8) is 0 Å². The molecule has 1 heterocycles. The topological polar surface area (TPSA) is 62.3 Å². The van der Waals surface area contributed by atoms with Gasteiger partial charge < -0.3 is 5.32 Å². The van der Waals surface area contributed by atoms with Gasteiger partial charge in [0.05, 0.1) is 12.1 Å². The van der Waals surface area contributed by atoms with E-state index < -0.39 is 0 Å². The molecule has 1 N–H and O–H groups in total. The summed E-state index contributed by atoms with van der Waals surface area (Å²) in [7, 11) is 0. The standard InChI is InChI=1S/C23H22ClN3O2/c1-15-8-9-21(16(2)12-15)27(17(3)28)22-14-19(10-11-25-22)26-23(29)13-18-6-4-5-7-20(18)24/h4-12,14H,13H2,1-3H3,(H,25,26,29). The van der Waals surface area contributed by atoms with E-state index >= 15 is 0 Å². The summed E-state index contributed by atoms with van der Waals surface area (Å²) >= 11 is 6.13. The maximum Gasteiger partial charge on any atom is 0.229 e. The van der Waals surface area contributed by atoms with Crippen LogP contribution in [0.15, 0.2) is 60.8 Å². The molecule has 3 aromatic rings. The van der Waals surface area contributed by atoms with Crippen LogP contribution in [0.3, 0.4) is 0 Å². The summed E-state index contributed by atoms with van der Waals surface area (Å²) in [5.74, 6) is 0.0835. The van der Waals surface area contributed by atoms with Gasteiger partial charge in [0.15, 0.2) is 0 Å². The lowest BCUT2D eigenvalue weighted by molar-refractivity contribution is -0.116. The van der Waals surface area contributed by atoms with Crippen molar-refractivity contribution < 1.29 is 9.59 Å². The molecule has 2 aromatic carbocycles. The molecular weight excluding hydrogens is 386 g/mol. The summed E-state index contributed by atoms with van der Waals surface area (Å²) < 4.78 is 0. The van der Waals surface area contributed by atoms with Gasteiger partial charge in [0, 0.05) is 29.9 Å². The fourth-order valence-electron chi connectivity index (χ4n) is 3.15. The second-order valence-electron chi connectivity index (χ2n) is 6.86. The van der Waals surface area contributed by atoms with Crippen LogP contribution in [-0.4, -0.2) is 16.8 Å². The molecule has 29 heavy (non-hydrogen) atoms. The van der Waals surface area contributed by atoms with Crippen molar-refractivity contribution in [1.29, 1.82) is 0 Å². The fraction of sp³-hybridized carbons (Fsp3) is 0.174. The number of hydrogen-bond acceptors (Lipinski definition) is 3. The van der Waals surface area contributed by atoms with E-state index in [1.807, 2.05) is 50.2 Å². The van der Waals surface area contributed by atoms with Crippen LogP contribution in [0.1, 0.15) is 23.6 Å². The van der Waals surface area contributed by atoms with E-state index in [1.54, 1.807) is 29.3 Å². The first-order valence-electron chi connectivity index (χ1n) is 9.22. The minimum Gasteiger partial charge on any atom is -0.326 e. The molecule has 0 spiro atoms. The van der Waals surface area contributed by atoms with Crippen LogP contribution >= 0.6 is 11.6 Å². The molecule has 0 unspecified atom stereocenters. The first-order chi connectivity index (χ1) is 13.8. The highest BCUT2D eigenvalue weighted by atomic mass is 35.5. The summed E-state index contributed by atoms with van der Waals surface area (Å²) in [5.41, 5.74) is 4.15. The van der Waals surface area contributed by atoms with E-state index in [2.05, 4.69) is 10.3 Å². The van der Waals surface area contributed by atoms with E-state index in [-0.39, 0.29) is 18.2 Å². The van der Waals surface area contributed by atoms with E-state index in [4.69, 9.17) is 11.6 Å². The minimum atomic E-state index is -0.198. The van der Waals surface area contributed by atoms with E-state index in [0.717, 1.165) is 22.4 Å². The van der Waals surface area contributed by atoms with Crippen molar-refractivity contribution in [2.24, 2.45) is 0 Å². The molecule has 0 aliphatic heterocycles. The van der Waals surface area contributed by atoms with Crippen LogP contribution in [0.5, 0.6) is 0 Å². The summed E-state index contributed by atoms with van der Waals surface area (Å²) in [5, 5.41) is 3.40. The Morgan fingerprint density at radius 2 is 1.83 bits per heavy atom. The number of pyridine rings is 1. The van der Waals surface area contributed by atoms with Gasteiger partial charge in [-0.05, 0) is 43.2 Å². The van der Waals surface area contributed by atoms with E-state index in [1.165, 1.54) is 6.92 Å². The Bertz CT molecular complexity index is 1070. The van der Waals surface area contributed by atoms with Gasteiger partial charge >= 0.3 is 0 Å². The molecule has 0 aliphatic carbocycles. The molecule has 3 rings (SSSR count). The lowest BCUT2D eigenvalue weighted by Gasteiger charge is -2.23. The molecule has 0 bridgehead atoms. The highest BCUT2D eigenvalue weighted by Crippen LogP contribution is 2.29. The molecule has 1 aromatic heterocycles. The summed E-state index contributed by atoms with van der Waals surface area (Å²) in [6, 6.07) is 16.5. The van der Waals surface area contributed by atoms with Crippen molar-refractivity contribution in [3.05, 3.63) is 82.5 Å². The Morgan fingerprint density at radius 1 is 1.07 bits per heavy atom. The van der Waals surface area contributed by atoms with Crippen LogP contribution in [0.4, 0.5) is 17.2 Å². The number of benzene rings is 2. The summed E-state index contributed by atoms with van der Waals surface area (Å²) in [6.07, 6.45) is 1.73. The SMILES string of the molecule is CC(=O)N(c1cc(NC(=O)Cc2ccccc2Cl)ccn1)c1ccc(C)cc1C. The number of nitrogens with one attached hydrogen (secondary N) is 1. The van der Waals surface area contributed by atoms with Gasteiger partial charge in [-0.15, -0.1) is 0 Å². The van der Waals surface area contributed by atoms with E-state index in [0.29, 0.717) is 16.5 Å². The number of nitrogens with zero attached hydrogens (tertiary/aromatic N) is 2. The number of halogens is 1. The monoisotopic (exact) mass is 407 g/mol. The van der Waals surface area contributed by atoms with Gasteiger partial charge in [-0.2, -0.15) is 0 Å². The van der Waals surface area contributed by atoms with Gasteiger partial charge in [-0.3, -0.25) is 14.5 Å². The molecule has 148 valence electrons. The van der Waals surface area contributed by atoms with Crippen molar-refractivity contribution in [1.82, 2.24) is 4.98 Å². The first kappa shape index (κ1) is 20.6. The van der Waals surface area contributed by atoms with Gasteiger partial charge in [0.1, 0.15) is 5.82 Å². The van der Waals surface area contributed by atoms with E-state index in [9.17, 15) is 9.59 Å². The van der Waals surface area contributed by atoms with Crippen LogP contribution < -0.4 is 10.2 Å². The molecule has 0 aliphatic rings. The minimum absolute atomic E-state index is 0.158. The van der Waals surface area contributed by atoms with Crippen LogP contribution in [0.2, 0.25) is 5.02 Å². The van der Waals surface area contributed by atoms with Gasteiger partial charge in [-0.1, -0.05) is 47.5 Å². The zero-order chi connectivity index (χ0) is 21.0. The molecule has 5 nitrogen and oxygen atoms in total. The van der Waals surface area contributed by atoms with Gasteiger partial charge in [-0.25, -0.2) is 4.98 Å². The van der Waals surface area contributed by atoms with Crippen molar-refractivity contribution >= 4 is 40.6 Å². The Balaban J connectivity index is 1.84. The van der Waals surface area contributed by atoms with Crippen molar-refractivity contribution in [3.8, 4) is 0 Å². The lowest BCUT2D eigenvalue weighted by atomic mass is 10.1. The third kappa shape index (κ3) is 5.00. The van der Waals surface area contributed by atoms with Crippen LogP contribution in [0.25, 0.3) is 0 Å². The molecule has 0 saturated heterocycles. The quantitative estimate of drug-likeness (QED) is 0.630. The normalized spacial score (nSPS) is 10.5. The Hall–Kier alpha value is -3.18. The number of anilines is 3. The average Bonchev–Trinajstić information content (AvgIpc) is 2.66. The predicted octanol–water partition coefficient (Wildman–Crippen LogP) is 5.22. The molecular formula is C23H22ClN3O2. The van der Waals surface area contributed by atoms with Crippen LogP contribution in [-0.2, 0) is 16.0 Å². The third-order valence-corrected chi connectivity index (χ3v) is 4.84. The molecule has 6 heteroatoms. The second-order valence-corrected chi connectivity index (χ2v) is 7.27. The predicted molar refractivity (Wildman–Crippen MR) is 117 cm³/mol. The summed E-state index contributed by atoms with van der Waals surface area (Å²) in [6.45, 7) is 5.44. The van der Waals surface area contributed by atoms with Crippen molar-refractivity contribution in [2.45, 2.75) is 27.2 Å². The number of aromatic nitrogens is 1. The smallest absolute Gasteiger partial charge is 0.229 e. The second kappa shape index (κ2) is 8.88. The number of rotatable bonds is 5. The Labute approximate surface area is 175 Å². The zero-order valence-electron chi connectivity index (χ0n) is 16.6. The number of hydrogen-bond donors (Lipinski definition) is 1. The lowest BCUT2D eigenvalue weighted by Crippen LogP contribution is -2.25. The first-order valence-corrected chi connectivity index (χ1v) is 9.60. The van der Waals surface area contributed by atoms with Gasteiger partial charge in [0.2, 0.25) is 11.8 Å². The van der Waals surface area contributed by atoms with Gasteiger partial charge in [0.25, 0.3) is 0 Å². The highest BCUT2D eigenvalue weighted by molar-refractivity contribution is 6.31. The maximum atomic E-state index is 12.4. The molecule has 0 saturated carbocycles. The third-order valence-electron chi connectivity index (χ3n) is 4.48. The fourth-order valence-corrected chi connectivity index (χ4v) is 3.35. The summed E-state index contributed by atoms with van der Waals surface area (Å²) in [4.78, 5) is 30.7. The number of aryl methyl sites for hydroxylation is 2. The molecule has 0 radical (unpaired) electrons. The van der Waals surface area contributed by atoms with Crippen LogP contribution in [0, 0.1) is 13.8 Å². The average molecular weight is 408 g/mol.